The number of nitrogens with zero attached hydrogens (tertiary/aromatic N) is 7. The molecule has 15 heteroatoms. The lowest BCUT2D eigenvalue weighted by atomic mass is 10.0. The Kier molecular flexibility index (Phi) is 9.22. The van der Waals surface area contributed by atoms with Gasteiger partial charge in [-0.3, -0.25) is 10.6 Å². The Balaban J connectivity index is 1.35. The lowest BCUT2D eigenvalue weighted by molar-refractivity contribution is 0.00405. The first kappa shape index (κ1) is 28.1. The van der Waals surface area contributed by atoms with Gasteiger partial charge in [0.1, 0.15) is 24.3 Å². The summed E-state index contributed by atoms with van der Waals surface area (Å²) in [6, 6.07) is 0.121. The second-order valence-electron chi connectivity index (χ2n) is 9.41. The minimum absolute atomic E-state index is 0.118. The number of urea groups is 1. The minimum atomic E-state index is -1.28. The standard InChI is InChI=1S/C24H33F2N9O4/c1-4-38-21-12-28-20(11-29-21)31-23(36)34(3)17-14-35(10-6-15(17)25)22-27-8-5-19(30-22)32-24(37)39-18-7-9-33(2)13-16(18)26/h5,8,11-12,15-18H,4,6-7,9-10,13-14H2,1-3H3,(H,28,31,36)(H,27,30,32,37)/t15-,16-,17+,18+/m1/s1. The van der Waals surface area contributed by atoms with Crippen molar-refractivity contribution in [3.8, 4) is 5.88 Å². The molecule has 0 unspecified atom stereocenters. The van der Waals surface area contributed by atoms with Crippen LogP contribution in [0.4, 0.5) is 36.0 Å². The van der Waals surface area contributed by atoms with Crippen molar-refractivity contribution in [2.45, 2.75) is 44.3 Å². The average molecular weight is 550 g/mol. The number of likely N-dealkylation sites (N-methyl/N-ethyl adjacent to an activating group) is 1. The highest BCUT2D eigenvalue weighted by Gasteiger charge is 2.36. The third-order valence-corrected chi connectivity index (χ3v) is 6.57. The SMILES string of the molecule is CCOc1cnc(NC(=O)N(C)[C@H]2CN(c3nccc(NC(=O)O[C@H]4CCN(C)C[C@H]4F)n3)CC[C@H]2F)cn1. The molecule has 2 aliphatic rings. The van der Waals surface area contributed by atoms with Gasteiger partial charge in [0.2, 0.25) is 11.8 Å². The van der Waals surface area contributed by atoms with E-state index in [9.17, 15) is 18.4 Å². The van der Waals surface area contributed by atoms with Gasteiger partial charge in [-0.15, -0.1) is 0 Å². The number of rotatable bonds is 7. The number of ether oxygens (including phenoxy) is 2. The summed E-state index contributed by atoms with van der Waals surface area (Å²) in [5.74, 6) is 0.937. The van der Waals surface area contributed by atoms with Crippen LogP contribution in [-0.4, -0.2) is 113 Å². The van der Waals surface area contributed by atoms with Gasteiger partial charge in [0.05, 0.1) is 25.0 Å². The Bertz CT molecular complexity index is 1130. The predicted molar refractivity (Wildman–Crippen MR) is 138 cm³/mol. The van der Waals surface area contributed by atoms with Gasteiger partial charge in [0, 0.05) is 45.8 Å². The Morgan fingerprint density at radius 3 is 2.62 bits per heavy atom. The number of aromatic nitrogens is 4. The fourth-order valence-electron chi connectivity index (χ4n) is 4.41. The van der Waals surface area contributed by atoms with E-state index < -0.39 is 36.6 Å². The minimum Gasteiger partial charge on any atom is -0.477 e. The summed E-state index contributed by atoms with van der Waals surface area (Å²) < 4.78 is 39.6. The van der Waals surface area contributed by atoms with Crippen molar-refractivity contribution in [3.05, 3.63) is 24.7 Å². The van der Waals surface area contributed by atoms with Crippen molar-refractivity contribution >= 4 is 29.7 Å². The van der Waals surface area contributed by atoms with Gasteiger partial charge in [-0.1, -0.05) is 0 Å². The maximum atomic E-state index is 14.9. The van der Waals surface area contributed by atoms with Crippen LogP contribution in [0, 0.1) is 0 Å². The number of carbonyl (C=O) groups excluding carboxylic acids is 2. The maximum absolute atomic E-state index is 14.9. The van der Waals surface area contributed by atoms with E-state index in [0.717, 1.165) is 0 Å². The van der Waals surface area contributed by atoms with Gasteiger partial charge in [-0.05, 0) is 26.5 Å². The van der Waals surface area contributed by atoms with Crippen molar-refractivity contribution in [2.75, 3.05) is 62.4 Å². The quantitative estimate of drug-likeness (QED) is 0.529. The molecule has 39 heavy (non-hydrogen) atoms. The molecule has 4 atom stereocenters. The number of amides is 3. The van der Waals surface area contributed by atoms with Crippen LogP contribution in [0.3, 0.4) is 0 Å². The molecule has 3 amide bonds. The normalized spacial score (nSPS) is 23.6. The van der Waals surface area contributed by atoms with E-state index in [-0.39, 0.29) is 37.1 Å². The van der Waals surface area contributed by atoms with Gasteiger partial charge in [0.15, 0.2) is 5.82 Å². The Morgan fingerprint density at radius 1 is 1.08 bits per heavy atom. The van der Waals surface area contributed by atoms with Crippen LogP contribution in [0.1, 0.15) is 19.8 Å². The van der Waals surface area contributed by atoms with Gasteiger partial charge < -0.3 is 24.2 Å². The number of carbonyl (C=O) groups is 2. The zero-order chi connectivity index (χ0) is 27.9. The number of anilines is 3. The van der Waals surface area contributed by atoms with Gasteiger partial charge in [0.25, 0.3) is 0 Å². The van der Waals surface area contributed by atoms with Crippen molar-refractivity contribution in [3.63, 3.8) is 0 Å². The lowest BCUT2D eigenvalue weighted by Gasteiger charge is -2.39. The number of hydrogen-bond acceptors (Lipinski definition) is 10. The first-order valence-corrected chi connectivity index (χ1v) is 12.7. The lowest BCUT2D eigenvalue weighted by Crippen LogP contribution is -2.55. The fraction of sp³-hybridized carbons (Fsp3) is 0.583. The molecule has 0 aromatic carbocycles. The van der Waals surface area contributed by atoms with Crippen LogP contribution in [0.2, 0.25) is 0 Å². The number of halogens is 2. The van der Waals surface area contributed by atoms with Crippen LogP contribution in [0.25, 0.3) is 0 Å². The molecule has 0 saturated carbocycles. The summed E-state index contributed by atoms with van der Waals surface area (Å²) in [6.07, 6.45) is 0.532. The number of likely N-dealkylation sites (tertiary alicyclic amines) is 1. The maximum Gasteiger partial charge on any atom is 0.413 e. The van der Waals surface area contributed by atoms with Gasteiger partial charge in [-0.2, -0.15) is 4.98 Å². The first-order valence-electron chi connectivity index (χ1n) is 12.7. The molecule has 2 aliphatic heterocycles. The molecular formula is C24H33F2N9O4. The van der Waals surface area contributed by atoms with E-state index in [2.05, 4.69) is 30.6 Å². The zero-order valence-electron chi connectivity index (χ0n) is 22.1. The monoisotopic (exact) mass is 549 g/mol. The van der Waals surface area contributed by atoms with E-state index in [4.69, 9.17) is 9.47 Å². The highest BCUT2D eigenvalue weighted by Crippen LogP contribution is 2.24. The van der Waals surface area contributed by atoms with E-state index in [1.807, 2.05) is 18.9 Å². The summed E-state index contributed by atoms with van der Waals surface area (Å²) in [5.41, 5.74) is 0. The molecule has 4 rings (SSSR count). The molecule has 4 heterocycles. The van der Waals surface area contributed by atoms with Crippen LogP contribution >= 0.6 is 0 Å². The summed E-state index contributed by atoms with van der Waals surface area (Å²) >= 11 is 0. The molecule has 212 valence electrons. The van der Waals surface area contributed by atoms with Crippen molar-refractivity contribution in [1.29, 1.82) is 0 Å². The third-order valence-electron chi connectivity index (χ3n) is 6.57. The number of piperidine rings is 2. The molecule has 2 saturated heterocycles. The Hall–Kier alpha value is -3.88. The smallest absolute Gasteiger partial charge is 0.413 e. The molecule has 0 aliphatic carbocycles. The molecule has 2 fully saturated rings. The molecular weight excluding hydrogens is 516 g/mol. The molecule has 0 bridgehead atoms. The van der Waals surface area contributed by atoms with Crippen molar-refractivity contribution < 1.29 is 27.8 Å². The summed E-state index contributed by atoms with van der Waals surface area (Å²) in [4.78, 5) is 46.7. The van der Waals surface area contributed by atoms with Crippen molar-refractivity contribution in [1.82, 2.24) is 29.7 Å². The van der Waals surface area contributed by atoms with Gasteiger partial charge in [-0.25, -0.2) is 33.3 Å². The van der Waals surface area contributed by atoms with E-state index in [1.54, 1.807) is 4.90 Å². The van der Waals surface area contributed by atoms with Crippen LogP contribution < -0.4 is 20.3 Å². The molecule has 2 N–H and O–H groups in total. The molecule has 2 aromatic heterocycles. The van der Waals surface area contributed by atoms with Crippen LogP contribution in [-0.2, 0) is 4.74 Å². The summed E-state index contributed by atoms with van der Waals surface area (Å²) in [5, 5.41) is 5.11. The number of hydrogen-bond donors (Lipinski definition) is 2. The topological polar surface area (TPSA) is 138 Å². The fourth-order valence-corrected chi connectivity index (χ4v) is 4.41. The first-order chi connectivity index (χ1) is 18.7. The summed E-state index contributed by atoms with van der Waals surface area (Å²) in [6.45, 7) is 3.50. The van der Waals surface area contributed by atoms with Crippen LogP contribution in [0.5, 0.6) is 5.88 Å². The molecule has 0 spiro atoms. The molecule has 0 radical (unpaired) electrons. The Morgan fingerprint density at radius 2 is 1.90 bits per heavy atom. The van der Waals surface area contributed by atoms with Crippen LogP contribution in [0.15, 0.2) is 24.7 Å². The third kappa shape index (κ3) is 7.37. The average Bonchev–Trinajstić information content (AvgIpc) is 2.91. The molecule has 13 nitrogen and oxygen atoms in total. The van der Waals surface area contributed by atoms with E-state index in [1.165, 1.54) is 36.6 Å². The van der Waals surface area contributed by atoms with E-state index >= 15 is 0 Å². The Labute approximate surface area is 224 Å². The van der Waals surface area contributed by atoms with Gasteiger partial charge >= 0.3 is 12.1 Å². The second kappa shape index (κ2) is 12.8. The zero-order valence-corrected chi connectivity index (χ0v) is 22.1. The highest BCUT2D eigenvalue weighted by atomic mass is 19.1. The summed E-state index contributed by atoms with van der Waals surface area (Å²) in [7, 11) is 3.30. The predicted octanol–water partition coefficient (Wildman–Crippen LogP) is 2.34. The highest BCUT2D eigenvalue weighted by molar-refractivity contribution is 5.88. The number of nitrogens with one attached hydrogen (secondary N) is 2. The molecule has 2 aromatic rings. The van der Waals surface area contributed by atoms with Crippen molar-refractivity contribution in [2.24, 2.45) is 0 Å². The second-order valence-corrected chi connectivity index (χ2v) is 9.41. The number of alkyl halides is 2. The van der Waals surface area contributed by atoms with E-state index in [0.29, 0.717) is 32.0 Å². The largest absolute Gasteiger partial charge is 0.477 e.